The molecule has 4 heteroatoms. The summed E-state index contributed by atoms with van der Waals surface area (Å²) in [5.74, 6) is 1.75. The number of nitrogens with one attached hydrogen (secondary N) is 1. The molecule has 3 aromatic carbocycles. The molecule has 1 N–H and O–H groups in total. The Morgan fingerprint density at radius 3 is 1.59 bits per heavy atom. The minimum Gasteiger partial charge on any atom is -0.457 e. The predicted molar refractivity (Wildman–Crippen MR) is 127 cm³/mol. The Hall–Kier alpha value is -4.27. The lowest BCUT2D eigenvalue weighted by Crippen LogP contribution is -2.42. The summed E-state index contributed by atoms with van der Waals surface area (Å²) in [5, 5.41) is 7.93. The number of nitrogens with zero attached hydrogens (tertiary/aromatic N) is 1. The number of benzene rings is 3. The summed E-state index contributed by atoms with van der Waals surface area (Å²) in [5.41, 5.74) is 5.48. The van der Waals surface area contributed by atoms with Crippen molar-refractivity contribution < 1.29 is 14.1 Å². The second kappa shape index (κ2) is 9.69. The molecule has 4 aromatic rings. The van der Waals surface area contributed by atoms with E-state index in [2.05, 4.69) is 18.0 Å². The van der Waals surface area contributed by atoms with Gasteiger partial charge in [-0.05, 0) is 42.3 Å². The van der Waals surface area contributed by atoms with Gasteiger partial charge in [0.25, 0.3) is 0 Å². The first kappa shape index (κ1) is 21.0. The molecule has 0 aliphatic heterocycles. The van der Waals surface area contributed by atoms with Gasteiger partial charge in [-0.25, -0.2) is 4.79 Å². The maximum atomic E-state index is 12.8. The first-order valence-electron chi connectivity index (χ1n) is 10.5. The fourth-order valence-electron chi connectivity index (χ4n) is 3.67. The van der Waals surface area contributed by atoms with Crippen LogP contribution < -0.4 is 4.57 Å². The van der Waals surface area contributed by atoms with Crippen LogP contribution in [0.5, 0.6) is 0 Å². The van der Waals surface area contributed by atoms with Crippen LogP contribution in [0.4, 0.5) is 0 Å². The van der Waals surface area contributed by atoms with Gasteiger partial charge < -0.3 is 4.74 Å². The molecular formula is C28H23N2O2+. The Labute approximate surface area is 187 Å². The number of rotatable bonds is 6. The van der Waals surface area contributed by atoms with Gasteiger partial charge in [-0.1, -0.05) is 66.7 Å². The van der Waals surface area contributed by atoms with Crippen molar-refractivity contribution >= 4 is 17.5 Å². The SMILES string of the molecule is CCOC(=O)C(=C=N)[n+]1c(-c2ccccc2)cc(-c2ccccc2)cc1-c1ccccc1. The number of pyridine rings is 1. The van der Waals surface area contributed by atoms with Crippen LogP contribution in [0.3, 0.4) is 0 Å². The third-order valence-corrected chi connectivity index (χ3v) is 5.12. The molecule has 4 nitrogen and oxygen atoms in total. The zero-order valence-corrected chi connectivity index (χ0v) is 17.8. The predicted octanol–water partition coefficient (Wildman–Crippen LogP) is 5.63. The number of carbonyl (C=O) groups is 1. The summed E-state index contributed by atoms with van der Waals surface area (Å²) in [6, 6.07) is 33.8. The minimum absolute atomic E-state index is 0.0316. The van der Waals surface area contributed by atoms with Gasteiger partial charge in [0.05, 0.1) is 12.5 Å². The van der Waals surface area contributed by atoms with Crippen molar-refractivity contribution in [1.29, 1.82) is 5.41 Å². The van der Waals surface area contributed by atoms with E-state index in [4.69, 9.17) is 10.1 Å². The van der Waals surface area contributed by atoms with E-state index in [0.29, 0.717) is 0 Å². The van der Waals surface area contributed by atoms with Gasteiger partial charge in [0.15, 0.2) is 0 Å². The molecule has 0 bridgehead atoms. The van der Waals surface area contributed by atoms with Crippen LogP contribution in [-0.2, 0) is 9.53 Å². The zero-order valence-electron chi connectivity index (χ0n) is 17.8. The van der Waals surface area contributed by atoms with Crippen LogP contribution in [0.2, 0.25) is 0 Å². The van der Waals surface area contributed by atoms with E-state index in [1.165, 1.54) is 0 Å². The van der Waals surface area contributed by atoms with Crippen molar-refractivity contribution in [3.8, 4) is 33.6 Å². The Kier molecular flexibility index (Phi) is 6.35. The molecule has 32 heavy (non-hydrogen) atoms. The summed E-state index contributed by atoms with van der Waals surface area (Å²) in [4.78, 5) is 12.8. The van der Waals surface area contributed by atoms with Crippen LogP contribution in [-0.4, -0.2) is 18.4 Å². The van der Waals surface area contributed by atoms with Gasteiger partial charge in [-0.3, -0.25) is 5.41 Å². The number of aromatic nitrogens is 1. The molecule has 0 aliphatic rings. The maximum absolute atomic E-state index is 12.8. The Morgan fingerprint density at radius 1 is 0.750 bits per heavy atom. The van der Waals surface area contributed by atoms with Crippen molar-refractivity contribution in [3.63, 3.8) is 0 Å². The highest BCUT2D eigenvalue weighted by Crippen LogP contribution is 2.30. The third kappa shape index (κ3) is 4.27. The summed E-state index contributed by atoms with van der Waals surface area (Å²) in [7, 11) is 0. The average molecular weight is 420 g/mol. The van der Waals surface area contributed by atoms with E-state index >= 15 is 0 Å². The van der Waals surface area contributed by atoms with Crippen LogP contribution in [0.15, 0.2) is 103 Å². The van der Waals surface area contributed by atoms with E-state index in [0.717, 1.165) is 33.6 Å². The molecule has 0 radical (unpaired) electrons. The number of hydrogen-bond donors (Lipinski definition) is 1. The largest absolute Gasteiger partial charge is 0.457 e. The molecule has 1 heterocycles. The molecule has 0 saturated heterocycles. The van der Waals surface area contributed by atoms with Crippen LogP contribution in [0.25, 0.3) is 39.3 Å². The Balaban J connectivity index is 2.10. The normalized spacial score (nSPS) is 10.3. The average Bonchev–Trinajstić information content (AvgIpc) is 2.86. The molecule has 0 aliphatic carbocycles. The van der Waals surface area contributed by atoms with Crippen molar-refractivity contribution in [2.24, 2.45) is 0 Å². The molecule has 0 atom stereocenters. The maximum Gasteiger partial charge on any atom is 0.414 e. The second-order valence-electron chi connectivity index (χ2n) is 7.14. The van der Waals surface area contributed by atoms with Gasteiger partial charge in [-0.2, -0.15) is 0 Å². The lowest BCUT2D eigenvalue weighted by atomic mass is 9.98. The van der Waals surface area contributed by atoms with E-state index in [9.17, 15) is 4.79 Å². The number of hydrogen-bond acceptors (Lipinski definition) is 3. The molecule has 0 fully saturated rings. The molecule has 0 amide bonds. The summed E-state index contributed by atoms with van der Waals surface area (Å²) >= 11 is 0. The smallest absolute Gasteiger partial charge is 0.414 e. The van der Waals surface area contributed by atoms with E-state index in [-0.39, 0.29) is 12.3 Å². The van der Waals surface area contributed by atoms with Gasteiger partial charge in [0, 0.05) is 23.3 Å². The van der Waals surface area contributed by atoms with E-state index < -0.39 is 5.97 Å². The third-order valence-electron chi connectivity index (χ3n) is 5.12. The van der Waals surface area contributed by atoms with Crippen molar-refractivity contribution in [3.05, 3.63) is 103 Å². The number of esters is 1. The highest BCUT2D eigenvalue weighted by molar-refractivity contribution is 6.16. The minimum atomic E-state index is -0.589. The standard InChI is InChI=1S/C28H23N2O2/c1-2-32-28(31)27(20-29)30-25(22-14-8-4-9-15-22)18-24(21-12-6-3-7-13-21)19-26(30)23-16-10-5-11-17-23/h3-19,29H,2H2,1H3/q+1. The Morgan fingerprint density at radius 2 is 1.19 bits per heavy atom. The first-order valence-corrected chi connectivity index (χ1v) is 10.5. The van der Waals surface area contributed by atoms with Crippen molar-refractivity contribution in [1.82, 2.24) is 0 Å². The molecular weight excluding hydrogens is 396 g/mol. The van der Waals surface area contributed by atoms with Gasteiger partial charge >= 0.3 is 11.7 Å². The molecule has 4 rings (SSSR count). The highest BCUT2D eigenvalue weighted by atomic mass is 16.5. The topological polar surface area (TPSA) is 54.0 Å². The second-order valence-corrected chi connectivity index (χ2v) is 7.14. The lowest BCUT2D eigenvalue weighted by molar-refractivity contribution is -0.553. The first-order chi connectivity index (χ1) is 15.7. The fourth-order valence-corrected chi connectivity index (χ4v) is 3.67. The van der Waals surface area contributed by atoms with E-state index in [1.54, 1.807) is 11.5 Å². The summed E-state index contributed by atoms with van der Waals surface area (Å²) in [6.07, 6.45) is 0. The molecule has 0 spiro atoms. The summed E-state index contributed by atoms with van der Waals surface area (Å²) in [6.45, 7) is 1.97. The lowest BCUT2D eigenvalue weighted by Gasteiger charge is -2.12. The van der Waals surface area contributed by atoms with Gasteiger partial charge in [-0.15, -0.1) is 4.57 Å². The Bertz CT molecular complexity index is 1220. The zero-order chi connectivity index (χ0) is 22.3. The monoisotopic (exact) mass is 419 g/mol. The van der Waals surface area contributed by atoms with Crippen LogP contribution in [0, 0.1) is 5.41 Å². The van der Waals surface area contributed by atoms with Crippen molar-refractivity contribution in [2.45, 2.75) is 6.92 Å². The molecule has 156 valence electrons. The van der Waals surface area contributed by atoms with Gasteiger partial charge in [0.1, 0.15) is 0 Å². The van der Waals surface area contributed by atoms with E-state index in [1.807, 2.05) is 91.0 Å². The number of ether oxygens (including phenoxy) is 1. The molecule has 1 aromatic heterocycles. The molecule has 0 saturated carbocycles. The highest BCUT2D eigenvalue weighted by Gasteiger charge is 2.32. The van der Waals surface area contributed by atoms with Crippen LogP contribution in [0.1, 0.15) is 6.92 Å². The fraction of sp³-hybridized carbons (Fsp3) is 0.0714. The van der Waals surface area contributed by atoms with Gasteiger partial charge in [0.2, 0.25) is 11.4 Å². The van der Waals surface area contributed by atoms with Crippen LogP contribution >= 0.6 is 0 Å². The van der Waals surface area contributed by atoms with Crippen molar-refractivity contribution in [2.75, 3.05) is 6.61 Å². The molecule has 0 unspecified atom stereocenters. The quantitative estimate of drug-likeness (QED) is 0.191. The summed E-state index contributed by atoms with van der Waals surface area (Å²) < 4.78 is 7.03. The number of carbonyl (C=O) groups excluding carboxylic acids is 1.